The van der Waals surface area contributed by atoms with Gasteiger partial charge in [-0.1, -0.05) is 0 Å². The number of carbonyl (C=O) groups excluding carboxylic acids is 2. The molecule has 1 aliphatic carbocycles. The Morgan fingerprint density at radius 1 is 1.40 bits per heavy atom. The van der Waals surface area contributed by atoms with E-state index in [2.05, 4.69) is 5.32 Å². The topological polar surface area (TPSA) is 81.4 Å². The summed E-state index contributed by atoms with van der Waals surface area (Å²) in [6.45, 7) is 1.67. The maximum Gasteiger partial charge on any atom is 0.248 e. The number of carbonyl (C=O) groups is 2. The zero-order valence-electron chi connectivity index (χ0n) is 11.0. The lowest BCUT2D eigenvalue weighted by Crippen LogP contribution is -2.26. The molecule has 0 bridgehead atoms. The standard InChI is InChI=1S/C13H14Cl2N2O3/c1-12(6-13(12,14)15)11(19)17-8-5-7(10(16)18)3-4-9(8)20-2/h3-5H,6H2,1-2H3,(H2,16,18)(H,17,19)/t12-/m1/s1. The normalized spacial score (nSPS) is 23.0. The molecule has 0 aliphatic heterocycles. The maximum absolute atomic E-state index is 12.2. The Balaban J connectivity index is 2.27. The van der Waals surface area contributed by atoms with Crippen molar-refractivity contribution in [1.82, 2.24) is 0 Å². The second-order valence-electron chi connectivity index (χ2n) is 4.95. The van der Waals surface area contributed by atoms with E-state index in [0.29, 0.717) is 17.9 Å². The summed E-state index contributed by atoms with van der Waals surface area (Å²) in [5.74, 6) is -0.505. The predicted molar refractivity (Wildman–Crippen MR) is 77.3 cm³/mol. The number of hydrogen-bond donors (Lipinski definition) is 2. The zero-order chi connectivity index (χ0) is 15.1. The van der Waals surface area contributed by atoms with Crippen molar-refractivity contribution in [2.75, 3.05) is 12.4 Å². The van der Waals surface area contributed by atoms with Gasteiger partial charge >= 0.3 is 0 Å². The van der Waals surface area contributed by atoms with Crippen LogP contribution in [0.25, 0.3) is 0 Å². The fourth-order valence-electron chi connectivity index (χ4n) is 1.87. The molecule has 1 aromatic carbocycles. The van der Waals surface area contributed by atoms with Crippen LogP contribution >= 0.6 is 23.2 Å². The van der Waals surface area contributed by atoms with Crippen molar-refractivity contribution in [1.29, 1.82) is 0 Å². The number of rotatable bonds is 4. The summed E-state index contributed by atoms with van der Waals surface area (Å²) in [4.78, 5) is 23.4. The molecule has 0 saturated heterocycles. The average molecular weight is 317 g/mol. The third kappa shape index (κ3) is 2.43. The Morgan fingerprint density at radius 2 is 2.00 bits per heavy atom. The molecule has 0 aromatic heterocycles. The lowest BCUT2D eigenvalue weighted by Gasteiger charge is -2.15. The number of alkyl halides is 2. The van der Waals surface area contributed by atoms with Crippen LogP contribution in [0.15, 0.2) is 18.2 Å². The van der Waals surface area contributed by atoms with E-state index in [4.69, 9.17) is 33.7 Å². The number of methoxy groups -OCH3 is 1. The molecule has 5 nitrogen and oxygen atoms in total. The summed E-state index contributed by atoms with van der Waals surface area (Å²) in [5, 5.41) is 2.67. The van der Waals surface area contributed by atoms with Crippen LogP contribution < -0.4 is 15.8 Å². The minimum atomic E-state index is -1.06. The molecule has 1 fully saturated rings. The molecular formula is C13H14Cl2N2O3. The smallest absolute Gasteiger partial charge is 0.248 e. The monoisotopic (exact) mass is 316 g/mol. The molecular weight excluding hydrogens is 303 g/mol. The average Bonchev–Trinajstić information content (AvgIpc) is 2.89. The van der Waals surface area contributed by atoms with Crippen LogP contribution in [-0.2, 0) is 4.79 Å². The van der Waals surface area contributed by atoms with Gasteiger partial charge in [0.05, 0.1) is 18.2 Å². The SMILES string of the molecule is COc1ccc(C(N)=O)cc1NC(=O)[C@@]1(C)CC1(Cl)Cl. The highest BCUT2D eigenvalue weighted by Crippen LogP contribution is 2.64. The first-order valence-electron chi connectivity index (χ1n) is 5.88. The van der Waals surface area contributed by atoms with E-state index in [9.17, 15) is 9.59 Å². The Morgan fingerprint density at radius 3 is 2.45 bits per heavy atom. The fourth-order valence-corrected chi connectivity index (χ4v) is 2.57. The van der Waals surface area contributed by atoms with Crippen LogP contribution in [-0.4, -0.2) is 23.3 Å². The Hall–Kier alpha value is -1.46. The van der Waals surface area contributed by atoms with E-state index < -0.39 is 15.7 Å². The van der Waals surface area contributed by atoms with Crippen LogP contribution in [0, 0.1) is 5.41 Å². The molecule has 7 heteroatoms. The van der Waals surface area contributed by atoms with Crippen molar-refractivity contribution >= 4 is 40.7 Å². The third-order valence-electron chi connectivity index (χ3n) is 3.49. The number of anilines is 1. The summed E-state index contributed by atoms with van der Waals surface area (Å²) in [6.07, 6.45) is 0.368. The molecule has 1 saturated carbocycles. The summed E-state index contributed by atoms with van der Waals surface area (Å²) >= 11 is 11.9. The number of halogens is 2. The van der Waals surface area contributed by atoms with Gasteiger partial charge in [-0.15, -0.1) is 23.2 Å². The van der Waals surface area contributed by atoms with E-state index in [1.165, 1.54) is 19.2 Å². The molecule has 2 rings (SSSR count). The van der Waals surface area contributed by atoms with Gasteiger partial charge in [-0.2, -0.15) is 0 Å². The molecule has 1 aromatic rings. The van der Waals surface area contributed by atoms with Crippen molar-refractivity contribution in [3.05, 3.63) is 23.8 Å². The summed E-state index contributed by atoms with van der Waals surface area (Å²) in [6, 6.07) is 4.53. The van der Waals surface area contributed by atoms with Gasteiger partial charge < -0.3 is 15.8 Å². The Kier molecular flexibility index (Phi) is 3.60. The summed E-state index contributed by atoms with van der Waals surface area (Å²) < 4.78 is 4.07. The van der Waals surface area contributed by atoms with Crippen molar-refractivity contribution in [2.24, 2.45) is 11.1 Å². The third-order valence-corrected chi connectivity index (χ3v) is 4.59. The first-order valence-corrected chi connectivity index (χ1v) is 6.64. The van der Waals surface area contributed by atoms with Gasteiger partial charge in [0.2, 0.25) is 11.8 Å². The molecule has 0 heterocycles. The molecule has 108 valence electrons. The number of nitrogens with one attached hydrogen (secondary N) is 1. The van der Waals surface area contributed by atoms with Gasteiger partial charge in [0.25, 0.3) is 0 Å². The van der Waals surface area contributed by atoms with Gasteiger partial charge in [0.1, 0.15) is 10.1 Å². The lowest BCUT2D eigenvalue weighted by molar-refractivity contribution is -0.120. The molecule has 3 N–H and O–H groups in total. The minimum absolute atomic E-state index is 0.269. The van der Waals surface area contributed by atoms with Crippen molar-refractivity contribution in [3.63, 3.8) is 0 Å². The summed E-state index contributed by atoms with van der Waals surface area (Å²) in [7, 11) is 1.46. The maximum atomic E-state index is 12.2. The lowest BCUT2D eigenvalue weighted by atomic mass is 10.1. The Labute approximate surface area is 126 Å². The number of amides is 2. The minimum Gasteiger partial charge on any atom is -0.495 e. The number of hydrogen-bond acceptors (Lipinski definition) is 3. The van der Waals surface area contributed by atoms with E-state index in [1.54, 1.807) is 13.0 Å². The number of nitrogens with two attached hydrogens (primary N) is 1. The molecule has 1 atom stereocenters. The van der Waals surface area contributed by atoms with E-state index in [-0.39, 0.29) is 11.5 Å². The van der Waals surface area contributed by atoms with Crippen molar-refractivity contribution < 1.29 is 14.3 Å². The van der Waals surface area contributed by atoms with Gasteiger partial charge in [0.15, 0.2) is 0 Å². The van der Waals surface area contributed by atoms with Gasteiger partial charge in [-0.05, 0) is 31.5 Å². The molecule has 0 unspecified atom stereocenters. The molecule has 0 spiro atoms. The van der Waals surface area contributed by atoms with Crippen LogP contribution in [0.1, 0.15) is 23.7 Å². The van der Waals surface area contributed by atoms with Crippen LogP contribution in [0.4, 0.5) is 5.69 Å². The summed E-state index contributed by atoms with van der Waals surface area (Å²) in [5.41, 5.74) is 4.98. The quantitative estimate of drug-likeness (QED) is 0.836. The molecule has 0 radical (unpaired) electrons. The molecule has 1 aliphatic rings. The zero-order valence-corrected chi connectivity index (χ0v) is 12.5. The number of primary amides is 1. The van der Waals surface area contributed by atoms with Crippen molar-refractivity contribution in [2.45, 2.75) is 17.7 Å². The van der Waals surface area contributed by atoms with Gasteiger partial charge in [-0.25, -0.2) is 0 Å². The first kappa shape index (κ1) is 14.9. The highest BCUT2D eigenvalue weighted by molar-refractivity contribution is 6.53. The van der Waals surface area contributed by atoms with E-state index >= 15 is 0 Å². The second-order valence-corrected chi connectivity index (χ2v) is 6.43. The number of ether oxygens (including phenoxy) is 1. The predicted octanol–water partition coefficient (Wildman–Crippen LogP) is 2.32. The van der Waals surface area contributed by atoms with Crippen molar-refractivity contribution in [3.8, 4) is 5.75 Å². The van der Waals surface area contributed by atoms with Crippen LogP contribution in [0.5, 0.6) is 5.75 Å². The van der Waals surface area contributed by atoms with E-state index in [1.807, 2.05) is 0 Å². The second kappa shape index (κ2) is 4.82. The van der Waals surface area contributed by atoms with Crippen LogP contribution in [0.2, 0.25) is 0 Å². The number of benzene rings is 1. The molecule has 20 heavy (non-hydrogen) atoms. The Bertz CT molecular complexity index is 589. The van der Waals surface area contributed by atoms with Crippen LogP contribution in [0.3, 0.4) is 0 Å². The van der Waals surface area contributed by atoms with Gasteiger partial charge in [0, 0.05) is 5.56 Å². The molecule has 2 amide bonds. The highest BCUT2D eigenvalue weighted by Gasteiger charge is 2.67. The van der Waals surface area contributed by atoms with E-state index in [0.717, 1.165) is 0 Å². The van der Waals surface area contributed by atoms with Gasteiger partial charge in [-0.3, -0.25) is 9.59 Å². The fraction of sp³-hybridized carbons (Fsp3) is 0.385. The highest BCUT2D eigenvalue weighted by atomic mass is 35.5. The largest absolute Gasteiger partial charge is 0.495 e. The first-order chi connectivity index (χ1) is 9.21.